The number of hydrogen-bond acceptors (Lipinski definition) is 5. The summed E-state index contributed by atoms with van der Waals surface area (Å²) in [6.45, 7) is 1.60. The van der Waals surface area contributed by atoms with E-state index in [-0.39, 0.29) is 17.0 Å². The number of nitrogens with zero attached hydrogens (tertiary/aromatic N) is 2. The minimum Gasteiger partial charge on any atom is -0.475 e. The number of aromatic carboxylic acids is 1. The Hall–Kier alpha value is -3.55. The average molecular weight is 355 g/mol. The van der Waals surface area contributed by atoms with E-state index in [1.807, 2.05) is 0 Å². The third-order valence-electron chi connectivity index (χ3n) is 3.72. The summed E-state index contributed by atoms with van der Waals surface area (Å²) in [5.41, 5.74) is 1.07. The van der Waals surface area contributed by atoms with Crippen molar-refractivity contribution in [3.63, 3.8) is 0 Å². The van der Waals surface area contributed by atoms with Crippen LogP contribution < -0.4 is 5.32 Å². The molecular formula is C18H14FN3O4. The minimum atomic E-state index is -1.32. The zero-order chi connectivity index (χ0) is 18.7. The van der Waals surface area contributed by atoms with Crippen LogP contribution in [0.4, 0.5) is 4.39 Å². The Morgan fingerprint density at radius 3 is 2.54 bits per heavy atom. The van der Waals surface area contributed by atoms with E-state index in [1.165, 1.54) is 36.5 Å². The van der Waals surface area contributed by atoms with Crippen LogP contribution in [-0.2, 0) is 0 Å². The number of aromatic nitrogens is 2. The van der Waals surface area contributed by atoms with Crippen molar-refractivity contribution in [3.05, 3.63) is 71.5 Å². The molecule has 2 aromatic heterocycles. The first-order valence-corrected chi connectivity index (χ1v) is 7.68. The van der Waals surface area contributed by atoms with Crippen molar-refractivity contribution >= 4 is 11.9 Å². The molecule has 0 aliphatic rings. The van der Waals surface area contributed by atoms with E-state index in [9.17, 15) is 19.1 Å². The normalized spacial score (nSPS) is 11.8. The zero-order valence-electron chi connectivity index (χ0n) is 13.6. The molecule has 0 fully saturated rings. The molecule has 0 spiro atoms. The fourth-order valence-corrected chi connectivity index (χ4v) is 2.51. The van der Waals surface area contributed by atoms with Crippen molar-refractivity contribution in [2.45, 2.75) is 13.0 Å². The Morgan fingerprint density at radius 1 is 1.19 bits per heavy atom. The van der Waals surface area contributed by atoms with E-state index in [2.05, 4.69) is 15.5 Å². The Bertz CT molecular complexity index is 939. The number of halogens is 1. The molecule has 1 atom stereocenters. The molecule has 0 bridgehead atoms. The van der Waals surface area contributed by atoms with Crippen molar-refractivity contribution in [1.29, 1.82) is 0 Å². The Morgan fingerprint density at radius 2 is 1.92 bits per heavy atom. The molecule has 2 heterocycles. The van der Waals surface area contributed by atoms with Crippen LogP contribution in [0.5, 0.6) is 0 Å². The van der Waals surface area contributed by atoms with Crippen molar-refractivity contribution in [2.24, 2.45) is 0 Å². The maximum Gasteiger partial charge on any atom is 0.375 e. The highest BCUT2D eigenvalue weighted by Crippen LogP contribution is 2.31. The third kappa shape index (κ3) is 3.44. The van der Waals surface area contributed by atoms with Crippen LogP contribution in [0.15, 0.2) is 53.2 Å². The molecule has 1 amide bonds. The SMILES string of the molecule is C[C@@H](NC(=O)c1ccccn1)c1c(-c2ccc(F)cc2)noc1C(=O)O. The second-order valence-corrected chi connectivity index (χ2v) is 5.50. The average Bonchev–Trinajstić information content (AvgIpc) is 3.08. The van der Waals surface area contributed by atoms with Gasteiger partial charge in [0.2, 0.25) is 5.76 Å². The molecule has 0 saturated carbocycles. The highest BCUT2D eigenvalue weighted by molar-refractivity contribution is 5.93. The molecule has 1 aromatic carbocycles. The number of carbonyl (C=O) groups excluding carboxylic acids is 1. The number of nitrogens with one attached hydrogen (secondary N) is 1. The number of carboxylic acids is 1. The van der Waals surface area contributed by atoms with Gasteiger partial charge < -0.3 is 14.9 Å². The molecule has 0 unspecified atom stereocenters. The van der Waals surface area contributed by atoms with Gasteiger partial charge in [-0.1, -0.05) is 11.2 Å². The summed E-state index contributed by atoms with van der Waals surface area (Å²) in [6, 6.07) is 9.51. The van der Waals surface area contributed by atoms with Gasteiger partial charge in [-0.05, 0) is 43.3 Å². The summed E-state index contributed by atoms with van der Waals surface area (Å²) in [4.78, 5) is 27.7. The summed E-state index contributed by atoms with van der Waals surface area (Å²) >= 11 is 0. The van der Waals surface area contributed by atoms with Gasteiger partial charge in [0, 0.05) is 11.8 Å². The monoisotopic (exact) mass is 355 g/mol. The minimum absolute atomic E-state index is 0.188. The number of amides is 1. The number of pyridine rings is 1. The van der Waals surface area contributed by atoms with E-state index < -0.39 is 29.5 Å². The molecule has 7 nitrogen and oxygen atoms in total. The Balaban J connectivity index is 1.96. The first kappa shape index (κ1) is 17.3. The lowest BCUT2D eigenvalue weighted by Crippen LogP contribution is -2.28. The van der Waals surface area contributed by atoms with Crippen molar-refractivity contribution in [2.75, 3.05) is 0 Å². The van der Waals surface area contributed by atoms with E-state index in [0.717, 1.165) is 0 Å². The zero-order valence-corrected chi connectivity index (χ0v) is 13.6. The van der Waals surface area contributed by atoms with Crippen LogP contribution >= 0.6 is 0 Å². The van der Waals surface area contributed by atoms with Crippen molar-refractivity contribution in [3.8, 4) is 11.3 Å². The number of hydrogen-bond donors (Lipinski definition) is 2. The van der Waals surface area contributed by atoms with Crippen LogP contribution in [0.2, 0.25) is 0 Å². The quantitative estimate of drug-likeness (QED) is 0.729. The van der Waals surface area contributed by atoms with E-state index >= 15 is 0 Å². The number of carboxylic acid groups (broad SMARTS) is 1. The molecule has 0 aliphatic heterocycles. The number of carbonyl (C=O) groups is 2. The van der Waals surface area contributed by atoms with Gasteiger partial charge in [0.15, 0.2) is 0 Å². The summed E-state index contributed by atoms with van der Waals surface area (Å²) in [5.74, 6) is -2.62. The van der Waals surface area contributed by atoms with E-state index in [4.69, 9.17) is 4.52 Å². The lowest BCUT2D eigenvalue weighted by atomic mass is 10.0. The molecule has 0 saturated heterocycles. The lowest BCUT2D eigenvalue weighted by Gasteiger charge is -2.14. The topological polar surface area (TPSA) is 105 Å². The fourth-order valence-electron chi connectivity index (χ4n) is 2.51. The van der Waals surface area contributed by atoms with Gasteiger partial charge in [0.1, 0.15) is 17.2 Å². The molecule has 3 aromatic rings. The highest BCUT2D eigenvalue weighted by Gasteiger charge is 2.28. The van der Waals surface area contributed by atoms with Gasteiger partial charge in [-0.2, -0.15) is 0 Å². The molecule has 132 valence electrons. The van der Waals surface area contributed by atoms with Crippen LogP contribution in [0, 0.1) is 5.82 Å². The predicted molar refractivity (Wildman–Crippen MR) is 89.0 cm³/mol. The van der Waals surface area contributed by atoms with Crippen LogP contribution in [0.1, 0.15) is 39.6 Å². The molecule has 0 radical (unpaired) electrons. The molecule has 3 rings (SSSR count). The second-order valence-electron chi connectivity index (χ2n) is 5.50. The predicted octanol–water partition coefficient (Wildman–Crippen LogP) is 3.06. The first-order valence-electron chi connectivity index (χ1n) is 7.68. The van der Waals surface area contributed by atoms with Gasteiger partial charge in [-0.3, -0.25) is 9.78 Å². The lowest BCUT2D eigenvalue weighted by molar-refractivity contribution is 0.0648. The summed E-state index contributed by atoms with van der Waals surface area (Å²) in [7, 11) is 0. The highest BCUT2D eigenvalue weighted by atomic mass is 19.1. The van der Waals surface area contributed by atoms with Crippen molar-refractivity contribution in [1.82, 2.24) is 15.5 Å². The molecule has 26 heavy (non-hydrogen) atoms. The van der Waals surface area contributed by atoms with E-state index in [0.29, 0.717) is 5.56 Å². The van der Waals surface area contributed by atoms with Crippen LogP contribution in [0.3, 0.4) is 0 Å². The van der Waals surface area contributed by atoms with Gasteiger partial charge >= 0.3 is 5.97 Å². The number of rotatable bonds is 5. The van der Waals surface area contributed by atoms with Gasteiger partial charge in [0.05, 0.1) is 11.6 Å². The van der Waals surface area contributed by atoms with E-state index in [1.54, 1.807) is 19.1 Å². The number of benzene rings is 1. The summed E-state index contributed by atoms with van der Waals surface area (Å²) < 4.78 is 18.1. The molecule has 2 N–H and O–H groups in total. The van der Waals surface area contributed by atoms with Crippen LogP contribution in [0.25, 0.3) is 11.3 Å². The van der Waals surface area contributed by atoms with Gasteiger partial charge in [0.25, 0.3) is 5.91 Å². The largest absolute Gasteiger partial charge is 0.475 e. The van der Waals surface area contributed by atoms with Gasteiger partial charge in [-0.15, -0.1) is 0 Å². The van der Waals surface area contributed by atoms with Crippen LogP contribution in [-0.4, -0.2) is 27.1 Å². The molecule has 8 heteroatoms. The van der Waals surface area contributed by atoms with Gasteiger partial charge in [-0.25, -0.2) is 9.18 Å². The Kier molecular flexibility index (Phi) is 4.74. The molecular weight excluding hydrogens is 341 g/mol. The standard InChI is InChI=1S/C18H14FN3O4/c1-10(21-17(23)13-4-2-3-9-20-13)14-15(22-26-16(14)18(24)25)11-5-7-12(19)8-6-11/h2-10H,1H3,(H,21,23)(H,24,25)/t10-/m1/s1. The van der Waals surface area contributed by atoms with Crippen molar-refractivity contribution < 1.29 is 23.6 Å². The Labute approximate surface area is 147 Å². The molecule has 0 aliphatic carbocycles. The smallest absolute Gasteiger partial charge is 0.375 e. The summed E-state index contributed by atoms with van der Waals surface area (Å²) in [5, 5.41) is 15.8. The maximum atomic E-state index is 13.2. The maximum absolute atomic E-state index is 13.2. The summed E-state index contributed by atoms with van der Waals surface area (Å²) in [6.07, 6.45) is 1.48. The first-order chi connectivity index (χ1) is 12.5. The fraction of sp³-hybridized carbons (Fsp3) is 0.111. The third-order valence-corrected chi connectivity index (χ3v) is 3.72. The second kappa shape index (κ2) is 7.14.